The van der Waals surface area contributed by atoms with Crippen LogP contribution in [0.5, 0.6) is 5.75 Å². The Bertz CT molecular complexity index is 527. The summed E-state index contributed by atoms with van der Waals surface area (Å²) in [5.74, 6) is -0.153. The quantitative estimate of drug-likeness (QED) is 0.729. The number of aldehydes is 1. The lowest BCUT2D eigenvalue weighted by molar-refractivity contribution is -0.274. The number of alkyl halides is 3. The SMILES string of the molecule is CC(C)[C@@H](c1ccc(OC(F)(F)F)cc1)[C@H](C)OC[C@@](C)(N)C=O. The van der Waals surface area contributed by atoms with Crippen LogP contribution in [0.25, 0.3) is 0 Å². The maximum Gasteiger partial charge on any atom is 0.573 e. The van der Waals surface area contributed by atoms with E-state index in [1.807, 2.05) is 20.8 Å². The minimum absolute atomic E-state index is 0.0626. The van der Waals surface area contributed by atoms with Crippen molar-refractivity contribution in [3.63, 3.8) is 0 Å². The van der Waals surface area contributed by atoms with Crippen LogP contribution in [0.3, 0.4) is 0 Å². The average Bonchev–Trinajstić information content (AvgIpc) is 2.45. The van der Waals surface area contributed by atoms with Crippen molar-refractivity contribution in [3.8, 4) is 5.75 Å². The highest BCUT2D eigenvalue weighted by Crippen LogP contribution is 2.32. The third kappa shape index (κ3) is 6.49. The highest BCUT2D eigenvalue weighted by Gasteiger charge is 2.31. The topological polar surface area (TPSA) is 61.6 Å². The minimum atomic E-state index is -4.71. The summed E-state index contributed by atoms with van der Waals surface area (Å²) in [7, 11) is 0. The molecule has 0 radical (unpaired) electrons. The van der Waals surface area contributed by atoms with Crippen LogP contribution in [-0.2, 0) is 9.53 Å². The van der Waals surface area contributed by atoms with Gasteiger partial charge in [0.1, 0.15) is 12.0 Å². The smallest absolute Gasteiger partial charge is 0.406 e. The molecule has 0 saturated carbocycles. The third-order valence-electron chi connectivity index (χ3n) is 3.65. The Morgan fingerprint density at radius 3 is 2.12 bits per heavy atom. The van der Waals surface area contributed by atoms with E-state index in [-0.39, 0.29) is 30.3 Å². The highest BCUT2D eigenvalue weighted by molar-refractivity contribution is 5.63. The summed E-state index contributed by atoms with van der Waals surface area (Å²) in [6.07, 6.45) is -4.34. The Morgan fingerprint density at radius 2 is 1.71 bits per heavy atom. The van der Waals surface area contributed by atoms with Gasteiger partial charge in [0.15, 0.2) is 0 Å². The van der Waals surface area contributed by atoms with Crippen LogP contribution in [0.2, 0.25) is 0 Å². The van der Waals surface area contributed by atoms with E-state index >= 15 is 0 Å². The van der Waals surface area contributed by atoms with Crippen LogP contribution in [0.1, 0.15) is 39.2 Å². The maximum absolute atomic E-state index is 12.2. The molecule has 0 bridgehead atoms. The van der Waals surface area contributed by atoms with Crippen molar-refractivity contribution in [2.45, 2.75) is 51.6 Å². The summed E-state index contributed by atoms with van der Waals surface area (Å²) in [5.41, 5.74) is 5.50. The van der Waals surface area contributed by atoms with Crippen molar-refractivity contribution in [2.24, 2.45) is 11.7 Å². The first-order valence-electron chi connectivity index (χ1n) is 7.67. The number of carbonyl (C=O) groups is 1. The molecule has 0 aromatic heterocycles. The van der Waals surface area contributed by atoms with Crippen LogP contribution in [0.15, 0.2) is 24.3 Å². The fraction of sp³-hybridized carbons (Fsp3) is 0.588. The van der Waals surface area contributed by atoms with Crippen molar-refractivity contribution < 1.29 is 27.4 Å². The van der Waals surface area contributed by atoms with Gasteiger partial charge in [0.05, 0.1) is 18.2 Å². The van der Waals surface area contributed by atoms with E-state index in [2.05, 4.69) is 4.74 Å². The van der Waals surface area contributed by atoms with Crippen molar-refractivity contribution in [2.75, 3.05) is 6.61 Å². The molecule has 24 heavy (non-hydrogen) atoms. The van der Waals surface area contributed by atoms with E-state index in [1.165, 1.54) is 12.1 Å². The number of ether oxygens (including phenoxy) is 2. The first-order chi connectivity index (χ1) is 10.9. The molecule has 3 atom stereocenters. The number of benzene rings is 1. The van der Waals surface area contributed by atoms with E-state index in [0.29, 0.717) is 6.29 Å². The third-order valence-corrected chi connectivity index (χ3v) is 3.65. The molecule has 7 heteroatoms. The van der Waals surface area contributed by atoms with Gasteiger partial charge in [0, 0.05) is 5.92 Å². The van der Waals surface area contributed by atoms with Gasteiger partial charge in [-0.05, 0) is 37.5 Å². The summed E-state index contributed by atoms with van der Waals surface area (Å²) < 4.78 is 46.3. The van der Waals surface area contributed by atoms with Gasteiger partial charge in [-0.25, -0.2) is 0 Å². The second-order valence-corrected chi connectivity index (χ2v) is 6.53. The van der Waals surface area contributed by atoms with Gasteiger partial charge in [0.25, 0.3) is 0 Å². The predicted molar refractivity (Wildman–Crippen MR) is 84.8 cm³/mol. The van der Waals surface area contributed by atoms with Gasteiger partial charge in [-0.3, -0.25) is 0 Å². The molecule has 0 amide bonds. The van der Waals surface area contributed by atoms with Gasteiger partial charge in [-0.2, -0.15) is 0 Å². The maximum atomic E-state index is 12.2. The van der Waals surface area contributed by atoms with Crippen molar-refractivity contribution in [1.82, 2.24) is 0 Å². The second kappa shape index (κ2) is 7.98. The number of halogens is 3. The summed E-state index contributed by atoms with van der Waals surface area (Å²) in [5, 5.41) is 0. The molecule has 0 aliphatic heterocycles. The first-order valence-corrected chi connectivity index (χ1v) is 7.67. The molecule has 0 spiro atoms. The minimum Gasteiger partial charge on any atom is -0.406 e. The monoisotopic (exact) mass is 347 g/mol. The van der Waals surface area contributed by atoms with E-state index in [1.54, 1.807) is 19.1 Å². The number of hydrogen-bond acceptors (Lipinski definition) is 4. The molecule has 0 aliphatic carbocycles. The fourth-order valence-corrected chi connectivity index (χ4v) is 2.54. The zero-order chi connectivity index (χ0) is 18.5. The average molecular weight is 347 g/mol. The zero-order valence-electron chi connectivity index (χ0n) is 14.3. The van der Waals surface area contributed by atoms with Gasteiger partial charge in [0.2, 0.25) is 0 Å². The number of carbonyl (C=O) groups excluding carboxylic acids is 1. The first kappa shape index (κ1) is 20.4. The molecule has 0 saturated heterocycles. The molecule has 136 valence electrons. The van der Waals surface area contributed by atoms with Crippen LogP contribution >= 0.6 is 0 Å². The van der Waals surface area contributed by atoms with Gasteiger partial charge in [-0.15, -0.1) is 13.2 Å². The zero-order valence-corrected chi connectivity index (χ0v) is 14.3. The molecule has 1 aromatic carbocycles. The van der Waals surface area contributed by atoms with E-state index in [9.17, 15) is 18.0 Å². The van der Waals surface area contributed by atoms with Crippen LogP contribution < -0.4 is 10.5 Å². The Kier molecular flexibility index (Phi) is 6.80. The van der Waals surface area contributed by atoms with E-state index in [0.717, 1.165) is 5.56 Å². The molecule has 0 unspecified atom stereocenters. The molecule has 1 rings (SSSR count). The number of nitrogens with two attached hydrogens (primary N) is 1. The lowest BCUT2D eigenvalue weighted by Crippen LogP contribution is -2.44. The molecule has 0 aliphatic rings. The van der Waals surface area contributed by atoms with Gasteiger partial charge < -0.3 is 20.0 Å². The Labute approximate surface area is 140 Å². The summed E-state index contributed by atoms with van der Waals surface area (Å²) in [4.78, 5) is 10.9. The molecular formula is C17H24F3NO3. The summed E-state index contributed by atoms with van der Waals surface area (Å²) in [6.45, 7) is 7.47. The van der Waals surface area contributed by atoms with Crippen molar-refractivity contribution in [1.29, 1.82) is 0 Å². The lowest BCUT2D eigenvalue weighted by Gasteiger charge is -2.30. The predicted octanol–water partition coefficient (Wildman–Crippen LogP) is 3.65. The number of rotatable bonds is 8. The van der Waals surface area contributed by atoms with Crippen molar-refractivity contribution >= 4 is 6.29 Å². The van der Waals surface area contributed by atoms with Crippen LogP contribution in [0, 0.1) is 5.92 Å². The Hall–Kier alpha value is -1.60. The van der Waals surface area contributed by atoms with Crippen molar-refractivity contribution in [3.05, 3.63) is 29.8 Å². The van der Waals surface area contributed by atoms with Gasteiger partial charge in [-0.1, -0.05) is 26.0 Å². The molecule has 0 fully saturated rings. The molecule has 1 aromatic rings. The summed E-state index contributed by atoms with van der Waals surface area (Å²) >= 11 is 0. The Morgan fingerprint density at radius 1 is 1.17 bits per heavy atom. The second-order valence-electron chi connectivity index (χ2n) is 6.53. The van der Waals surface area contributed by atoms with Gasteiger partial charge >= 0.3 is 6.36 Å². The largest absolute Gasteiger partial charge is 0.573 e. The van der Waals surface area contributed by atoms with E-state index in [4.69, 9.17) is 10.5 Å². The molecule has 0 heterocycles. The van der Waals surface area contributed by atoms with Crippen LogP contribution in [-0.4, -0.2) is 30.9 Å². The lowest BCUT2D eigenvalue weighted by atomic mass is 9.84. The van der Waals surface area contributed by atoms with Crippen LogP contribution in [0.4, 0.5) is 13.2 Å². The standard InChI is InChI=1S/C17H24F3NO3/c1-11(2)15(12(3)23-10-16(4,21)9-22)13-5-7-14(8-6-13)24-17(18,19)20/h5-9,11-12,15H,10,21H2,1-4H3/t12-,15+,16-/m0/s1. The molecular weight excluding hydrogens is 323 g/mol. The highest BCUT2D eigenvalue weighted by atomic mass is 19.4. The normalized spacial score (nSPS) is 17.2. The summed E-state index contributed by atoms with van der Waals surface area (Å²) in [6, 6.07) is 5.74. The Balaban J connectivity index is 2.86. The molecule has 4 nitrogen and oxygen atoms in total. The fourth-order valence-electron chi connectivity index (χ4n) is 2.54. The molecule has 2 N–H and O–H groups in total. The van der Waals surface area contributed by atoms with E-state index < -0.39 is 11.9 Å². The number of hydrogen-bond donors (Lipinski definition) is 1.